The fourth-order valence-corrected chi connectivity index (χ4v) is 3.18. The second-order valence-corrected chi connectivity index (χ2v) is 6.04. The molecule has 0 saturated heterocycles. The minimum atomic E-state index is -0.0624. The second kappa shape index (κ2) is 8.94. The van der Waals surface area contributed by atoms with Crippen LogP contribution < -0.4 is 10.6 Å². The SMILES string of the molecule is Cl.O=C(NCCNC1CCCCCC1)c1coc2ccccc12. The minimum absolute atomic E-state index is 0. The number of amides is 1. The van der Waals surface area contributed by atoms with E-state index in [1.165, 1.54) is 38.5 Å². The van der Waals surface area contributed by atoms with Gasteiger partial charge in [0.2, 0.25) is 0 Å². The monoisotopic (exact) mass is 336 g/mol. The fraction of sp³-hybridized carbons (Fsp3) is 0.500. The lowest BCUT2D eigenvalue weighted by atomic mass is 10.1. The van der Waals surface area contributed by atoms with Crippen LogP contribution in [0.5, 0.6) is 0 Å². The molecule has 1 aliphatic carbocycles. The Bertz CT molecular complexity index is 618. The van der Waals surface area contributed by atoms with Crippen molar-refractivity contribution in [1.82, 2.24) is 10.6 Å². The van der Waals surface area contributed by atoms with E-state index >= 15 is 0 Å². The van der Waals surface area contributed by atoms with E-state index in [1.807, 2.05) is 24.3 Å². The van der Waals surface area contributed by atoms with Gasteiger partial charge in [-0.2, -0.15) is 0 Å². The summed E-state index contributed by atoms with van der Waals surface area (Å²) in [6.07, 6.45) is 9.44. The van der Waals surface area contributed by atoms with Crippen LogP contribution in [0.2, 0.25) is 0 Å². The van der Waals surface area contributed by atoms with Gasteiger partial charge in [0, 0.05) is 24.5 Å². The lowest BCUT2D eigenvalue weighted by molar-refractivity contribution is 0.0954. The van der Waals surface area contributed by atoms with E-state index in [1.54, 1.807) is 6.26 Å². The first-order valence-electron chi connectivity index (χ1n) is 8.32. The average molecular weight is 337 g/mol. The zero-order chi connectivity index (χ0) is 15.2. The van der Waals surface area contributed by atoms with Crippen LogP contribution in [0.3, 0.4) is 0 Å². The summed E-state index contributed by atoms with van der Waals surface area (Å²) >= 11 is 0. The summed E-state index contributed by atoms with van der Waals surface area (Å²) in [6.45, 7) is 1.47. The average Bonchev–Trinajstić information content (AvgIpc) is 2.80. The summed E-state index contributed by atoms with van der Waals surface area (Å²) in [4.78, 5) is 12.2. The number of furan rings is 1. The molecular formula is C18H25ClN2O2. The normalized spacial score (nSPS) is 15.8. The van der Waals surface area contributed by atoms with Gasteiger partial charge in [-0.1, -0.05) is 43.9 Å². The molecule has 1 aromatic heterocycles. The highest BCUT2D eigenvalue weighted by molar-refractivity contribution is 6.05. The molecule has 1 amide bonds. The molecule has 5 heteroatoms. The van der Waals surface area contributed by atoms with Crippen molar-refractivity contribution in [3.05, 3.63) is 36.1 Å². The Morgan fingerprint density at radius 3 is 2.61 bits per heavy atom. The highest BCUT2D eigenvalue weighted by Crippen LogP contribution is 2.20. The van der Waals surface area contributed by atoms with Crippen molar-refractivity contribution in [2.45, 2.75) is 44.6 Å². The van der Waals surface area contributed by atoms with Crippen LogP contribution in [0.25, 0.3) is 11.0 Å². The molecule has 0 aliphatic heterocycles. The molecule has 2 N–H and O–H groups in total. The lowest BCUT2D eigenvalue weighted by Gasteiger charge is -2.16. The molecule has 2 aromatic rings. The summed E-state index contributed by atoms with van der Waals surface area (Å²) in [6, 6.07) is 8.23. The minimum Gasteiger partial charge on any atom is -0.463 e. The van der Waals surface area contributed by atoms with Crippen LogP contribution in [-0.2, 0) is 0 Å². The molecular weight excluding hydrogens is 312 g/mol. The summed E-state index contributed by atoms with van der Waals surface area (Å²) < 4.78 is 5.41. The predicted octanol–water partition coefficient (Wildman–Crippen LogP) is 3.90. The molecule has 3 rings (SSSR count). The van der Waals surface area contributed by atoms with E-state index in [4.69, 9.17) is 4.42 Å². The number of halogens is 1. The molecule has 1 fully saturated rings. The summed E-state index contributed by atoms with van der Waals surface area (Å²) in [5, 5.41) is 7.40. The van der Waals surface area contributed by atoms with Gasteiger partial charge in [0.15, 0.2) is 0 Å². The van der Waals surface area contributed by atoms with E-state index in [2.05, 4.69) is 10.6 Å². The maximum atomic E-state index is 12.2. The Morgan fingerprint density at radius 2 is 1.83 bits per heavy atom. The standard InChI is InChI=1S/C18H24N2O2.ClH/c21-18(16-13-22-17-10-6-5-9-15(16)17)20-12-11-19-14-7-3-1-2-4-8-14;/h5-6,9-10,13-14,19H,1-4,7-8,11-12H2,(H,20,21);1H. The number of para-hydroxylation sites is 1. The zero-order valence-corrected chi connectivity index (χ0v) is 14.2. The molecule has 1 heterocycles. The van der Waals surface area contributed by atoms with Crippen molar-refractivity contribution in [3.63, 3.8) is 0 Å². The molecule has 0 bridgehead atoms. The number of fused-ring (bicyclic) bond motifs is 1. The number of benzene rings is 1. The van der Waals surface area contributed by atoms with E-state index in [9.17, 15) is 4.79 Å². The van der Waals surface area contributed by atoms with Gasteiger partial charge in [0.05, 0.1) is 5.56 Å². The largest absolute Gasteiger partial charge is 0.463 e. The molecule has 4 nitrogen and oxygen atoms in total. The number of rotatable bonds is 5. The third-order valence-corrected chi connectivity index (χ3v) is 4.42. The lowest BCUT2D eigenvalue weighted by Crippen LogP contribution is -2.36. The van der Waals surface area contributed by atoms with Crippen molar-refractivity contribution < 1.29 is 9.21 Å². The Hall–Kier alpha value is -1.52. The molecule has 126 valence electrons. The smallest absolute Gasteiger partial charge is 0.255 e. The van der Waals surface area contributed by atoms with Gasteiger partial charge in [-0.25, -0.2) is 0 Å². The maximum Gasteiger partial charge on any atom is 0.255 e. The summed E-state index contributed by atoms with van der Waals surface area (Å²) in [5.41, 5.74) is 1.37. The Labute approximate surface area is 143 Å². The van der Waals surface area contributed by atoms with Gasteiger partial charge in [-0.05, 0) is 18.9 Å². The van der Waals surface area contributed by atoms with E-state index in [0.717, 1.165) is 17.5 Å². The van der Waals surface area contributed by atoms with Crippen LogP contribution in [0.15, 0.2) is 34.9 Å². The molecule has 0 radical (unpaired) electrons. The molecule has 1 saturated carbocycles. The quantitative estimate of drug-likeness (QED) is 0.643. The van der Waals surface area contributed by atoms with Crippen LogP contribution in [-0.4, -0.2) is 25.0 Å². The molecule has 1 aromatic carbocycles. The van der Waals surface area contributed by atoms with Gasteiger partial charge < -0.3 is 15.1 Å². The van der Waals surface area contributed by atoms with Gasteiger partial charge in [-0.15, -0.1) is 12.4 Å². The van der Waals surface area contributed by atoms with Crippen molar-refractivity contribution in [3.8, 4) is 0 Å². The Morgan fingerprint density at radius 1 is 1.09 bits per heavy atom. The Balaban J connectivity index is 0.00000192. The fourth-order valence-electron chi connectivity index (χ4n) is 3.18. The third kappa shape index (κ3) is 4.72. The topological polar surface area (TPSA) is 54.3 Å². The summed E-state index contributed by atoms with van der Waals surface area (Å²) in [5.74, 6) is -0.0624. The second-order valence-electron chi connectivity index (χ2n) is 6.04. The number of hydrogen-bond acceptors (Lipinski definition) is 3. The zero-order valence-electron chi connectivity index (χ0n) is 13.3. The number of carbonyl (C=O) groups excluding carboxylic acids is 1. The van der Waals surface area contributed by atoms with Gasteiger partial charge in [-0.3, -0.25) is 4.79 Å². The first-order chi connectivity index (χ1) is 10.8. The molecule has 23 heavy (non-hydrogen) atoms. The number of nitrogens with one attached hydrogen (secondary N) is 2. The predicted molar refractivity (Wildman–Crippen MR) is 95.3 cm³/mol. The van der Waals surface area contributed by atoms with Crippen molar-refractivity contribution in [2.24, 2.45) is 0 Å². The van der Waals surface area contributed by atoms with Crippen LogP contribution in [0.1, 0.15) is 48.9 Å². The van der Waals surface area contributed by atoms with Crippen molar-refractivity contribution in [2.75, 3.05) is 13.1 Å². The summed E-state index contributed by atoms with van der Waals surface area (Å²) in [7, 11) is 0. The molecule has 0 spiro atoms. The highest BCUT2D eigenvalue weighted by atomic mass is 35.5. The molecule has 0 unspecified atom stereocenters. The van der Waals surface area contributed by atoms with Gasteiger partial charge in [0.1, 0.15) is 11.8 Å². The van der Waals surface area contributed by atoms with E-state index in [0.29, 0.717) is 18.2 Å². The van der Waals surface area contributed by atoms with Gasteiger partial charge >= 0.3 is 0 Å². The number of carbonyl (C=O) groups is 1. The first-order valence-corrected chi connectivity index (χ1v) is 8.32. The molecule has 1 aliphatic rings. The van der Waals surface area contributed by atoms with Crippen molar-refractivity contribution in [1.29, 1.82) is 0 Å². The van der Waals surface area contributed by atoms with Crippen LogP contribution in [0, 0.1) is 0 Å². The third-order valence-electron chi connectivity index (χ3n) is 4.42. The number of hydrogen-bond donors (Lipinski definition) is 2. The van der Waals surface area contributed by atoms with E-state index in [-0.39, 0.29) is 18.3 Å². The highest BCUT2D eigenvalue weighted by Gasteiger charge is 2.14. The first kappa shape index (κ1) is 17.8. The van der Waals surface area contributed by atoms with Crippen LogP contribution in [0.4, 0.5) is 0 Å². The maximum absolute atomic E-state index is 12.2. The van der Waals surface area contributed by atoms with Gasteiger partial charge in [0.25, 0.3) is 5.91 Å². The van der Waals surface area contributed by atoms with Crippen LogP contribution >= 0.6 is 12.4 Å². The van der Waals surface area contributed by atoms with Crippen molar-refractivity contribution >= 4 is 29.3 Å². The Kier molecular flexibility index (Phi) is 6.93. The molecule has 0 atom stereocenters. The van der Waals surface area contributed by atoms with E-state index < -0.39 is 0 Å².